The summed E-state index contributed by atoms with van der Waals surface area (Å²) >= 11 is 6.43. The highest BCUT2D eigenvalue weighted by Crippen LogP contribution is 2.26. The predicted octanol–water partition coefficient (Wildman–Crippen LogP) is 4.04. The summed E-state index contributed by atoms with van der Waals surface area (Å²) in [5.41, 5.74) is 0.808. The van der Waals surface area contributed by atoms with Gasteiger partial charge in [0.25, 0.3) is 5.91 Å². The van der Waals surface area contributed by atoms with E-state index < -0.39 is 0 Å². The Morgan fingerprint density at radius 2 is 1.81 bits per heavy atom. The number of hydrogen-bond acceptors (Lipinski definition) is 4. The Hall–Kier alpha value is -1.33. The molecule has 2 saturated heterocycles. The molecular formula is C20H31ClN4O. The molecule has 0 aromatic carbocycles. The van der Waals surface area contributed by atoms with Crippen molar-refractivity contribution in [3.8, 4) is 0 Å². The molecule has 3 rings (SSSR count). The van der Waals surface area contributed by atoms with Gasteiger partial charge in [0.1, 0.15) is 5.82 Å². The number of aromatic nitrogens is 1. The molecule has 2 aliphatic heterocycles. The summed E-state index contributed by atoms with van der Waals surface area (Å²) < 4.78 is 0. The van der Waals surface area contributed by atoms with E-state index in [-0.39, 0.29) is 11.4 Å². The van der Waals surface area contributed by atoms with Crippen molar-refractivity contribution in [3.63, 3.8) is 0 Å². The number of carbonyl (C=O) groups excluding carboxylic acids is 1. The lowest BCUT2D eigenvalue weighted by Gasteiger charge is -2.41. The summed E-state index contributed by atoms with van der Waals surface area (Å²) in [5.74, 6) is 0.736. The second-order valence-corrected chi connectivity index (χ2v) is 8.89. The molecule has 26 heavy (non-hydrogen) atoms. The van der Waals surface area contributed by atoms with Crippen molar-refractivity contribution in [2.75, 3.05) is 31.5 Å². The quantitative estimate of drug-likeness (QED) is 0.862. The third-order valence-corrected chi connectivity index (χ3v) is 5.80. The van der Waals surface area contributed by atoms with E-state index in [4.69, 9.17) is 11.6 Å². The number of pyridine rings is 1. The van der Waals surface area contributed by atoms with Crippen molar-refractivity contribution >= 4 is 23.3 Å². The molecule has 0 bridgehead atoms. The molecule has 1 aromatic rings. The molecule has 0 saturated carbocycles. The molecule has 0 spiro atoms. The van der Waals surface area contributed by atoms with Crippen LogP contribution in [0.4, 0.5) is 5.82 Å². The minimum Gasteiger partial charge on any atom is -0.366 e. The van der Waals surface area contributed by atoms with E-state index in [0.717, 1.165) is 51.9 Å². The van der Waals surface area contributed by atoms with Crippen LogP contribution in [-0.2, 0) is 0 Å². The normalized spacial score (nSPS) is 20.2. The summed E-state index contributed by atoms with van der Waals surface area (Å²) in [6, 6.07) is 2.14. The summed E-state index contributed by atoms with van der Waals surface area (Å²) in [6.45, 7) is 10.6. The minimum atomic E-state index is 0.0455. The zero-order valence-electron chi connectivity index (χ0n) is 16.2. The monoisotopic (exact) mass is 378 g/mol. The summed E-state index contributed by atoms with van der Waals surface area (Å²) in [6.07, 6.45) is 7.18. The molecule has 0 radical (unpaired) electrons. The summed E-state index contributed by atoms with van der Waals surface area (Å²) in [4.78, 5) is 21.5. The number of likely N-dealkylation sites (tertiary alicyclic amines) is 2. The van der Waals surface area contributed by atoms with Crippen molar-refractivity contribution in [1.29, 1.82) is 0 Å². The number of piperidine rings is 2. The first kappa shape index (κ1) is 19.4. The molecule has 0 atom stereocenters. The lowest BCUT2D eigenvalue weighted by Crippen LogP contribution is -2.48. The van der Waals surface area contributed by atoms with Crippen molar-refractivity contribution in [2.45, 2.75) is 64.5 Å². The molecule has 2 aliphatic rings. The van der Waals surface area contributed by atoms with Crippen LogP contribution in [0.25, 0.3) is 0 Å². The number of carbonyl (C=O) groups is 1. The van der Waals surface area contributed by atoms with Gasteiger partial charge in [-0.05, 0) is 58.9 Å². The van der Waals surface area contributed by atoms with Crippen LogP contribution < -0.4 is 5.32 Å². The Kier molecular flexibility index (Phi) is 6.08. The highest BCUT2D eigenvalue weighted by Gasteiger charge is 2.27. The molecule has 6 heteroatoms. The van der Waals surface area contributed by atoms with Crippen molar-refractivity contribution < 1.29 is 4.79 Å². The number of halogens is 1. The van der Waals surface area contributed by atoms with Gasteiger partial charge in [-0.25, -0.2) is 4.98 Å². The number of anilines is 1. The maximum atomic E-state index is 12.6. The highest BCUT2D eigenvalue weighted by atomic mass is 35.5. The fourth-order valence-corrected chi connectivity index (χ4v) is 4.05. The molecule has 2 fully saturated rings. The van der Waals surface area contributed by atoms with E-state index >= 15 is 0 Å². The van der Waals surface area contributed by atoms with E-state index in [1.165, 1.54) is 6.42 Å². The van der Waals surface area contributed by atoms with Gasteiger partial charge in [-0.2, -0.15) is 0 Å². The van der Waals surface area contributed by atoms with E-state index in [2.05, 4.69) is 36.0 Å². The second kappa shape index (κ2) is 8.13. The third kappa shape index (κ3) is 4.68. The second-order valence-electron chi connectivity index (χ2n) is 8.48. The molecule has 1 N–H and O–H groups in total. The van der Waals surface area contributed by atoms with Gasteiger partial charge in [0, 0.05) is 44.0 Å². The summed E-state index contributed by atoms with van der Waals surface area (Å²) in [5, 5.41) is 4.01. The van der Waals surface area contributed by atoms with Crippen LogP contribution in [0.15, 0.2) is 12.3 Å². The van der Waals surface area contributed by atoms with E-state index in [1.807, 2.05) is 4.90 Å². The lowest BCUT2D eigenvalue weighted by molar-refractivity contribution is 0.0724. The van der Waals surface area contributed by atoms with Gasteiger partial charge in [0.05, 0.1) is 10.6 Å². The number of nitrogens with one attached hydrogen (secondary N) is 1. The Balaban J connectivity index is 1.59. The average Bonchev–Trinajstić information content (AvgIpc) is 2.63. The van der Waals surface area contributed by atoms with Gasteiger partial charge in [-0.1, -0.05) is 11.6 Å². The van der Waals surface area contributed by atoms with Gasteiger partial charge in [-0.15, -0.1) is 0 Å². The first-order valence-electron chi connectivity index (χ1n) is 9.81. The van der Waals surface area contributed by atoms with Gasteiger partial charge in [-0.3, -0.25) is 9.69 Å². The highest BCUT2D eigenvalue weighted by molar-refractivity contribution is 6.33. The van der Waals surface area contributed by atoms with Crippen LogP contribution in [0.3, 0.4) is 0 Å². The average molecular weight is 379 g/mol. The van der Waals surface area contributed by atoms with Crippen LogP contribution in [0.5, 0.6) is 0 Å². The fraction of sp³-hybridized carbons (Fsp3) is 0.700. The van der Waals surface area contributed by atoms with Crippen LogP contribution >= 0.6 is 11.6 Å². The van der Waals surface area contributed by atoms with Crippen molar-refractivity contribution in [1.82, 2.24) is 14.8 Å². The predicted molar refractivity (Wildman–Crippen MR) is 107 cm³/mol. The van der Waals surface area contributed by atoms with Crippen LogP contribution in [0.2, 0.25) is 5.02 Å². The van der Waals surface area contributed by atoms with Crippen LogP contribution in [0, 0.1) is 0 Å². The van der Waals surface area contributed by atoms with E-state index in [1.54, 1.807) is 12.3 Å². The SMILES string of the molecule is CC(C)(C)N1CCC(Nc2ncc(C(=O)N3CCCCC3)cc2Cl)CC1. The first-order chi connectivity index (χ1) is 12.3. The first-order valence-corrected chi connectivity index (χ1v) is 10.2. The maximum Gasteiger partial charge on any atom is 0.255 e. The van der Waals surface area contributed by atoms with Crippen molar-refractivity contribution in [3.05, 3.63) is 22.8 Å². The molecule has 1 aromatic heterocycles. The van der Waals surface area contributed by atoms with E-state index in [9.17, 15) is 4.79 Å². The molecule has 144 valence electrons. The number of amides is 1. The zero-order valence-corrected chi connectivity index (χ0v) is 17.0. The van der Waals surface area contributed by atoms with Gasteiger partial charge >= 0.3 is 0 Å². The Morgan fingerprint density at radius 3 is 2.38 bits per heavy atom. The Morgan fingerprint density at radius 1 is 1.15 bits per heavy atom. The molecule has 0 unspecified atom stereocenters. The Labute approximate surface area is 162 Å². The molecule has 1 amide bonds. The Bertz CT molecular complexity index is 629. The van der Waals surface area contributed by atoms with Crippen LogP contribution in [0.1, 0.15) is 63.2 Å². The van der Waals surface area contributed by atoms with Crippen LogP contribution in [-0.4, -0.2) is 58.5 Å². The maximum absolute atomic E-state index is 12.6. The largest absolute Gasteiger partial charge is 0.366 e. The van der Waals surface area contributed by atoms with Gasteiger partial charge in [0.15, 0.2) is 0 Å². The molecule has 5 nitrogen and oxygen atoms in total. The summed E-state index contributed by atoms with van der Waals surface area (Å²) in [7, 11) is 0. The zero-order chi connectivity index (χ0) is 18.7. The molecule has 0 aliphatic carbocycles. The third-order valence-electron chi connectivity index (χ3n) is 5.52. The number of rotatable bonds is 3. The minimum absolute atomic E-state index is 0.0455. The smallest absolute Gasteiger partial charge is 0.255 e. The topological polar surface area (TPSA) is 48.5 Å². The molecular weight excluding hydrogens is 348 g/mol. The number of hydrogen-bond donors (Lipinski definition) is 1. The fourth-order valence-electron chi connectivity index (χ4n) is 3.83. The lowest BCUT2D eigenvalue weighted by atomic mass is 9.98. The van der Waals surface area contributed by atoms with Crippen molar-refractivity contribution in [2.24, 2.45) is 0 Å². The van der Waals surface area contributed by atoms with E-state index in [0.29, 0.717) is 22.4 Å². The van der Waals surface area contributed by atoms with Gasteiger partial charge in [0.2, 0.25) is 0 Å². The standard InChI is InChI=1S/C20H31ClN4O/c1-20(2,3)25-11-7-16(8-12-25)23-18-17(21)13-15(14-22-18)19(26)24-9-5-4-6-10-24/h13-14,16H,4-12H2,1-3H3,(H,22,23). The van der Waals surface area contributed by atoms with Gasteiger partial charge < -0.3 is 10.2 Å². The molecule has 3 heterocycles. The number of nitrogens with zero attached hydrogens (tertiary/aromatic N) is 3.